The molecule has 100 heavy (non-hydrogen) atoms. The maximum atomic E-state index is 13.1. The molecule has 0 aromatic rings. The molecule has 0 heterocycles. The van der Waals surface area contributed by atoms with E-state index < -0.39 is 97.5 Å². The number of rotatable bonds is 82. The summed E-state index contributed by atoms with van der Waals surface area (Å²) in [4.78, 5) is 72.9. The lowest BCUT2D eigenvalue weighted by molar-refractivity contribution is -0.161. The fourth-order valence-corrected chi connectivity index (χ4v) is 14.2. The Balaban J connectivity index is 5.16. The largest absolute Gasteiger partial charge is 0.472 e. The number of esters is 4. The van der Waals surface area contributed by atoms with Crippen molar-refractivity contribution in [2.24, 2.45) is 0 Å². The van der Waals surface area contributed by atoms with Crippen molar-refractivity contribution < 1.29 is 80.2 Å². The minimum atomic E-state index is -4.96. The van der Waals surface area contributed by atoms with Crippen LogP contribution in [0.5, 0.6) is 0 Å². The van der Waals surface area contributed by atoms with Crippen LogP contribution in [0.3, 0.4) is 0 Å². The molecule has 0 aliphatic carbocycles. The first-order valence-electron chi connectivity index (χ1n) is 42.3. The second kappa shape index (κ2) is 75.3. The van der Waals surface area contributed by atoms with Gasteiger partial charge in [-0.3, -0.25) is 37.3 Å². The first-order chi connectivity index (χ1) is 48.7. The van der Waals surface area contributed by atoms with Crippen molar-refractivity contribution in [3.63, 3.8) is 0 Å². The van der Waals surface area contributed by atoms with Crippen molar-refractivity contribution >= 4 is 39.5 Å². The first-order valence-corrected chi connectivity index (χ1v) is 45.3. The fraction of sp³-hybridized carbons (Fsp3) is 0.951. The molecule has 0 bridgehead atoms. The zero-order valence-corrected chi connectivity index (χ0v) is 67.0. The molecule has 0 saturated carbocycles. The highest BCUT2D eigenvalue weighted by Crippen LogP contribution is 2.45. The average Bonchev–Trinajstić information content (AvgIpc) is 0.948. The highest BCUT2D eigenvalue weighted by molar-refractivity contribution is 7.47. The van der Waals surface area contributed by atoms with Gasteiger partial charge in [-0.1, -0.05) is 387 Å². The SMILES string of the molecule is CCCCCCCCCCCCCCCCCCCCCCCCC(=O)O[C@H](COC(=O)CCCCCCCCCCCCCCCCCCCCC)COP(=O)(O)OC[C@@H](O)COP(=O)(O)OC[C@@H](COC(=O)CCCCCCCCCCC)OC(=O)CCCCCCCCCCCC. The van der Waals surface area contributed by atoms with Gasteiger partial charge in [-0.05, 0) is 25.7 Å². The van der Waals surface area contributed by atoms with Gasteiger partial charge in [-0.2, -0.15) is 0 Å². The molecule has 0 aliphatic heterocycles. The lowest BCUT2D eigenvalue weighted by Crippen LogP contribution is -2.30. The number of hydrogen-bond acceptors (Lipinski definition) is 15. The summed E-state index contributed by atoms with van der Waals surface area (Å²) in [7, 11) is -9.91. The Morgan fingerprint density at radius 1 is 0.240 bits per heavy atom. The number of unbranched alkanes of at least 4 members (excludes halogenated alkanes) is 56. The van der Waals surface area contributed by atoms with Crippen molar-refractivity contribution in [2.45, 2.75) is 457 Å². The van der Waals surface area contributed by atoms with Gasteiger partial charge in [0.2, 0.25) is 0 Å². The monoisotopic (exact) mass is 1470 g/mol. The molecule has 0 radical (unpaired) electrons. The lowest BCUT2D eigenvalue weighted by Gasteiger charge is -2.21. The Morgan fingerprint density at radius 3 is 0.590 bits per heavy atom. The number of carbonyl (C=O) groups is 4. The van der Waals surface area contributed by atoms with Crippen LogP contribution in [0.15, 0.2) is 0 Å². The Hall–Kier alpha value is -1.94. The zero-order chi connectivity index (χ0) is 73.2. The number of hydrogen-bond donors (Lipinski definition) is 3. The third kappa shape index (κ3) is 74.3. The predicted molar refractivity (Wildman–Crippen MR) is 409 cm³/mol. The molecule has 0 aromatic carbocycles. The van der Waals surface area contributed by atoms with Crippen molar-refractivity contribution in [3.05, 3.63) is 0 Å². The third-order valence-electron chi connectivity index (χ3n) is 19.1. The summed E-state index contributed by atoms with van der Waals surface area (Å²) in [6.45, 7) is 4.99. The second-order valence-electron chi connectivity index (χ2n) is 29.2. The van der Waals surface area contributed by atoms with Crippen LogP contribution < -0.4 is 0 Å². The maximum Gasteiger partial charge on any atom is 0.472 e. The minimum absolute atomic E-state index is 0.107. The summed E-state index contributed by atoms with van der Waals surface area (Å²) in [5, 5.41) is 10.6. The smallest absolute Gasteiger partial charge is 0.462 e. The van der Waals surface area contributed by atoms with E-state index in [0.29, 0.717) is 25.7 Å². The number of carbonyl (C=O) groups excluding carboxylic acids is 4. The number of phosphoric acid groups is 2. The molecule has 5 atom stereocenters. The van der Waals surface area contributed by atoms with Crippen molar-refractivity contribution in [2.75, 3.05) is 39.6 Å². The van der Waals surface area contributed by atoms with Crippen molar-refractivity contribution in [1.82, 2.24) is 0 Å². The first kappa shape index (κ1) is 98.1. The van der Waals surface area contributed by atoms with Gasteiger partial charge in [0.05, 0.1) is 26.4 Å². The molecular weight excluding hydrogens is 1310 g/mol. The van der Waals surface area contributed by atoms with E-state index in [9.17, 15) is 43.2 Å². The van der Waals surface area contributed by atoms with Crippen LogP contribution >= 0.6 is 15.6 Å². The summed E-state index contributed by atoms with van der Waals surface area (Å²) in [5.41, 5.74) is 0. The number of aliphatic hydroxyl groups excluding tert-OH is 1. The van der Waals surface area contributed by atoms with Crippen LogP contribution in [0.1, 0.15) is 439 Å². The van der Waals surface area contributed by atoms with Crippen molar-refractivity contribution in [3.8, 4) is 0 Å². The van der Waals surface area contributed by atoms with Crippen LogP contribution in [0.25, 0.3) is 0 Å². The summed E-state index contributed by atoms with van der Waals surface area (Å²) in [6, 6.07) is 0. The molecule has 2 unspecified atom stereocenters. The fourth-order valence-electron chi connectivity index (χ4n) is 12.6. The van der Waals surface area contributed by atoms with E-state index in [1.54, 1.807) is 0 Å². The molecule has 17 nitrogen and oxygen atoms in total. The van der Waals surface area contributed by atoms with Gasteiger partial charge in [0.1, 0.15) is 19.3 Å². The normalized spacial score (nSPS) is 13.8. The van der Waals surface area contributed by atoms with E-state index >= 15 is 0 Å². The average molecular weight is 1470 g/mol. The highest BCUT2D eigenvalue weighted by atomic mass is 31.2. The molecule has 0 rings (SSSR count). The van der Waals surface area contributed by atoms with Crippen LogP contribution in [-0.4, -0.2) is 96.7 Å². The quantitative estimate of drug-likeness (QED) is 0.0222. The summed E-state index contributed by atoms with van der Waals surface area (Å²) in [5.74, 6) is -2.11. The van der Waals surface area contributed by atoms with Crippen LogP contribution in [-0.2, 0) is 65.4 Å². The van der Waals surface area contributed by atoms with E-state index in [1.807, 2.05) is 0 Å². The molecule has 0 amide bonds. The molecule has 0 aromatic heterocycles. The molecular formula is C81H158O17P2. The molecule has 0 fully saturated rings. The van der Waals surface area contributed by atoms with E-state index in [4.69, 9.17) is 37.0 Å². The maximum absolute atomic E-state index is 13.1. The topological polar surface area (TPSA) is 237 Å². The van der Waals surface area contributed by atoms with Gasteiger partial charge in [0.25, 0.3) is 0 Å². The molecule has 3 N–H and O–H groups in total. The zero-order valence-electron chi connectivity index (χ0n) is 65.2. The Labute approximate surface area is 613 Å². The summed E-state index contributed by atoms with van der Waals surface area (Å²) >= 11 is 0. The molecule has 0 saturated heterocycles. The lowest BCUT2D eigenvalue weighted by atomic mass is 10.0. The van der Waals surface area contributed by atoms with Gasteiger partial charge < -0.3 is 33.8 Å². The third-order valence-corrected chi connectivity index (χ3v) is 21.0. The Morgan fingerprint density at radius 2 is 0.400 bits per heavy atom. The molecule has 0 aliphatic rings. The van der Waals surface area contributed by atoms with Gasteiger partial charge in [0.15, 0.2) is 12.2 Å². The van der Waals surface area contributed by atoms with Gasteiger partial charge in [0, 0.05) is 25.7 Å². The Bertz CT molecular complexity index is 1890. The van der Waals surface area contributed by atoms with Crippen molar-refractivity contribution in [1.29, 1.82) is 0 Å². The minimum Gasteiger partial charge on any atom is -0.462 e. The molecule has 594 valence electrons. The van der Waals surface area contributed by atoms with E-state index in [2.05, 4.69) is 27.7 Å². The second-order valence-corrected chi connectivity index (χ2v) is 32.1. The van der Waals surface area contributed by atoms with E-state index in [-0.39, 0.29) is 25.7 Å². The van der Waals surface area contributed by atoms with Crippen LogP contribution in [0.4, 0.5) is 0 Å². The highest BCUT2D eigenvalue weighted by Gasteiger charge is 2.30. The number of ether oxygens (including phenoxy) is 4. The van der Waals surface area contributed by atoms with Gasteiger partial charge in [-0.25, -0.2) is 9.13 Å². The predicted octanol–water partition coefficient (Wildman–Crippen LogP) is 24.6. The molecule has 0 spiro atoms. The van der Waals surface area contributed by atoms with Crippen LogP contribution in [0.2, 0.25) is 0 Å². The van der Waals surface area contributed by atoms with Crippen LogP contribution in [0, 0.1) is 0 Å². The Kier molecular flexibility index (Phi) is 73.8. The van der Waals surface area contributed by atoms with E-state index in [1.165, 1.54) is 270 Å². The number of phosphoric ester groups is 2. The van der Waals surface area contributed by atoms with E-state index in [0.717, 1.165) is 89.9 Å². The molecule has 19 heteroatoms. The van der Waals surface area contributed by atoms with Gasteiger partial charge in [-0.15, -0.1) is 0 Å². The number of aliphatic hydroxyl groups is 1. The standard InChI is InChI=1S/C81H158O17P2/c1-5-9-13-17-21-25-28-30-32-34-36-37-38-40-42-44-46-48-52-56-60-64-68-81(86)98-77(72-92-79(84)66-62-58-54-51-47-45-43-41-39-35-33-31-29-26-22-18-14-10-6-2)74-96-100(89,90)94-70-75(82)69-93-99(87,88)95-73-76(71-91-78(83)65-61-57-53-49-24-20-16-12-8-4)97-80(85)67-63-59-55-50-27-23-19-15-11-7-3/h75-77,82H,5-74H2,1-4H3,(H,87,88)(H,89,90)/t75-,76+,77+/m0/s1. The summed E-state index contributed by atoms with van der Waals surface area (Å²) < 4.78 is 68.6. The summed E-state index contributed by atoms with van der Waals surface area (Å²) in [6.07, 6.45) is 68.2. The van der Waals surface area contributed by atoms with Gasteiger partial charge >= 0.3 is 39.5 Å².